The maximum absolute atomic E-state index is 12.4. The van der Waals surface area contributed by atoms with Crippen LogP contribution >= 0.6 is 11.3 Å². The molecule has 1 fully saturated rings. The Kier molecular flexibility index (Phi) is 5.00. The summed E-state index contributed by atoms with van der Waals surface area (Å²) in [6.45, 7) is 3.97. The van der Waals surface area contributed by atoms with E-state index in [-0.39, 0.29) is 12.5 Å². The standard InChI is InChI=1S/C15H19NO2S/c1-2-12-6-8-16(11-12)15(18)14-13(7-10-19-14)5-3-4-9-17/h7,10,12,17H,2,4,6,8-9,11H2,1H3. The van der Waals surface area contributed by atoms with Crippen molar-refractivity contribution in [1.29, 1.82) is 0 Å². The average molecular weight is 277 g/mol. The summed E-state index contributed by atoms with van der Waals surface area (Å²) >= 11 is 1.46. The molecule has 2 rings (SSSR count). The number of aliphatic hydroxyl groups excluding tert-OH is 1. The van der Waals surface area contributed by atoms with Crippen molar-refractivity contribution in [2.45, 2.75) is 26.2 Å². The lowest BCUT2D eigenvalue weighted by molar-refractivity contribution is 0.0791. The Balaban J connectivity index is 2.08. The van der Waals surface area contributed by atoms with E-state index in [2.05, 4.69) is 18.8 Å². The van der Waals surface area contributed by atoms with Gasteiger partial charge in [-0.05, 0) is 23.8 Å². The predicted molar refractivity (Wildman–Crippen MR) is 77.2 cm³/mol. The van der Waals surface area contributed by atoms with Crippen LogP contribution in [-0.4, -0.2) is 35.6 Å². The molecule has 0 spiro atoms. The van der Waals surface area contributed by atoms with Crippen molar-refractivity contribution in [2.24, 2.45) is 5.92 Å². The molecule has 0 aliphatic carbocycles. The van der Waals surface area contributed by atoms with Crippen LogP contribution in [0.25, 0.3) is 0 Å². The third-order valence-corrected chi connectivity index (χ3v) is 4.37. The number of hydrogen-bond donors (Lipinski definition) is 1. The summed E-state index contributed by atoms with van der Waals surface area (Å²) < 4.78 is 0. The minimum Gasteiger partial charge on any atom is -0.395 e. The first-order valence-electron chi connectivity index (χ1n) is 6.72. The van der Waals surface area contributed by atoms with E-state index in [0.29, 0.717) is 12.3 Å². The molecule has 3 nitrogen and oxygen atoms in total. The lowest BCUT2D eigenvalue weighted by atomic mass is 10.1. The molecule has 1 saturated heterocycles. The minimum absolute atomic E-state index is 0.0602. The molecule has 1 atom stereocenters. The van der Waals surface area contributed by atoms with E-state index in [1.54, 1.807) is 0 Å². The number of carbonyl (C=O) groups is 1. The van der Waals surface area contributed by atoms with Crippen LogP contribution in [0.5, 0.6) is 0 Å². The second-order valence-electron chi connectivity index (χ2n) is 4.75. The first-order chi connectivity index (χ1) is 9.26. The highest BCUT2D eigenvalue weighted by molar-refractivity contribution is 7.12. The second kappa shape index (κ2) is 6.74. The van der Waals surface area contributed by atoms with Crippen molar-refractivity contribution < 1.29 is 9.90 Å². The highest BCUT2D eigenvalue weighted by atomic mass is 32.1. The number of rotatable bonds is 3. The molecule has 1 aromatic rings. The van der Waals surface area contributed by atoms with Crippen molar-refractivity contribution in [3.8, 4) is 11.8 Å². The van der Waals surface area contributed by atoms with Gasteiger partial charge in [0, 0.05) is 25.1 Å². The van der Waals surface area contributed by atoms with Gasteiger partial charge in [0.25, 0.3) is 5.91 Å². The summed E-state index contributed by atoms with van der Waals surface area (Å²) in [7, 11) is 0. The maximum Gasteiger partial charge on any atom is 0.265 e. The lowest BCUT2D eigenvalue weighted by Gasteiger charge is -2.15. The van der Waals surface area contributed by atoms with Gasteiger partial charge in [0.2, 0.25) is 0 Å². The van der Waals surface area contributed by atoms with Gasteiger partial charge in [-0.2, -0.15) is 0 Å². The topological polar surface area (TPSA) is 40.5 Å². The molecule has 4 heteroatoms. The third-order valence-electron chi connectivity index (χ3n) is 3.47. The van der Waals surface area contributed by atoms with Gasteiger partial charge in [-0.1, -0.05) is 25.2 Å². The zero-order valence-electron chi connectivity index (χ0n) is 11.2. The Labute approximate surface area is 118 Å². The fourth-order valence-electron chi connectivity index (χ4n) is 2.28. The Bertz CT molecular complexity index is 498. The van der Waals surface area contributed by atoms with E-state index < -0.39 is 0 Å². The van der Waals surface area contributed by atoms with E-state index in [9.17, 15) is 4.79 Å². The van der Waals surface area contributed by atoms with Crippen LogP contribution in [0.4, 0.5) is 0 Å². The normalized spacial score (nSPS) is 18.2. The van der Waals surface area contributed by atoms with Gasteiger partial charge >= 0.3 is 0 Å². The van der Waals surface area contributed by atoms with Crippen LogP contribution in [0.2, 0.25) is 0 Å². The Morgan fingerprint density at radius 3 is 3.16 bits per heavy atom. The van der Waals surface area contributed by atoms with Crippen molar-refractivity contribution >= 4 is 17.2 Å². The van der Waals surface area contributed by atoms with E-state index in [1.165, 1.54) is 11.3 Å². The van der Waals surface area contributed by atoms with E-state index in [1.807, 2.05) is 16.3 Å². The van der Waals surface area contributed by atoms with Gasteiger partial charge in [-0.3, -0.25) is 4.79 Å². The maximum atomic E-state index is 12.4. The highest BCUT2D eigenvalue weighted by Gasteiger charge is 2.27. The molecule has 1 aliphatic heterocycles. The number of aliphatic hydroxyl groups is 1. The number of likely N-dealkylation sites (tertiary alicyclic amines) is 1. The summed E-state index contributed by atoms with van der Waals surface area (Å²) in [5.41, 5.74) is 0.795. The van der Waals surface area contributed by atoms with Crippen LogP contribution in [0.3, 0.4) is 0 Å². The minimum atomic E-state index is 0.0602. The first kappa shape index (κ1) is 14.1. The van der Waals surface area contributed by atoms with Gasteiger partial charge in [-0.25, -0.2) is 0 Å². The van der Waals surface area contributed by atoms with E-state index in [4.69, 9.17) is 5.11 Å². The number of amides is 1. The SMILES string of the molecule is CCC1CCN(C(=O)c2sccc2C#CCCO)C1. The monoisotopic (exact) mass is 277 g/mol. The summed E-state index contributed by atoms with van der Waals surface area (Å²) in [4.78, 5) is 15.1. The summed E-state index contributed by atoms with van der Waals surface area (Å²) in [6.07, 6.45) is 2.70. The van der Waals surface area contributed by atoms with Crippen molar-refractivity contribution in [2.75, 3.05) is 19.7 Å². The van der Waals surface area contributed by atoms with Crippen molar-refractivity contribution in [3.63, 3.8) is 0 Å². The van der Waals surface area contributed by atoms with Crippen LogP contribution in [-0.2, 0) is 0 Å². The quantitative estimate of drug-likeness (QED) is 0.862. The van der Waals surface area contributed by atoms with Gasteiger partial charge in [0.05, 0.1) is 6.61 Å². The van der Waals surface area contributed by atoms with Crippen LogP contribution in [0, 0.1) is 17.8 Å². The zero-order valence-corrected chi connectivity index (χ0v) is 12.0. The zero-order chi connectivity index (χ0) is 13.7. The highest BCUT2D eigenvalue weighted by Crippen LogP contribution is 2.24. The van der Waals surface area contributed by atoms with Crippen LogP contribution in [0.1, 0.15) is 41.4 Å². The second-order valence-corrected chi connectivity index (χ2v) is 5.67. The van der Waals surface area contributed by atoms with Gasteiger partial charge in [0.15, 0.2) is 0 Å². The van der Waals surface area contributed by atoms with E-state index in [0.717, 1.165) is 36.4 Å². The number of thiophene rings is 1. The lowest BCUT2D eigenvalue weighted by Crippen LogP contribution is -2.28. The molecule has 19 heavy (non-hydrogen) atoms. The Morgan fingerprint density at radius 2 is 2.47 bits per heavy atom. The van der Waals surface area contributed by atoms with Gasteiger partial charge in [-0.15, -0.1) is 11.3 Å². The van der Waals surface area contributed by atoms with Crippen LogP contribution < -0.4 is 0 Å². The molecule has 1 aliphatic rings. The predicted octanol–water partition coefficient (Wildman–Crippen LogP) is 2.35. The number of nitrogens with zero attached hydrogens (tertiary/aromatic N) is 1. The molecule has 102 valence electrons. The molecule has 1 aromatic heterocycles. The largest absolute Gasteiger partial charge is 0.395 e. The summed E-state index contributed by atoms with van der Waals surface area (Å²) in [5, 5.41) is 10.6. The molecule has 2 heterocycles. The molecule has 1 unspecified atom stereocenters. The molecular weight excluding hydrogens is 258 g/mol. The smallest absolute Gasteiger partial charge is 0.265 e. The summed E-state index contributed by atoms with van der Waals surface area (Å²) in [6, 6.07) is 1.88. The molecule has 0 bridgehead atoms. The number of carbonyl (C=O) groups excluding carboxylic acids is 1. The Morgan fingerprint density at radius 1 is 1.63 bits per heavy atom. The van der Waals surface area contributed by atoms with Crippen molar-refractivity contribution in [1.82, 2.24) is 4.90 Å². The summed E-state index contributed by atoms with van der Waals surface area (Å²) in [5.74, 6) is 6.61. The molecular formula is C15H19NO2S. The molecule has 0 radical (unpaired) electrons. The third kappa shape index (κ3) is 3.37. The fraction of sp³-hybridized carbons (Fsp3) is 0.533. The number of hydrogen-bond acceptors (Lipinski definition) is 3. The molecule has 0 saturated carbocycles. The fourth-order valence-corrected chi connectivity index (χ4v) is 3.10. The molecule has 1 amide bonds. The van der Waals surface area contributed by atoms with Crippen LogP contribution in [0.15, 0.2) is 11.4 Å². The van der Waals surface area contributed by atoms with Gasteiger partial charge in [0.1, 0.15) is 4.88 Å². The average Bonchev–Trinajstić information content (AvgIpc) is 3.07. The molecule has 1 N–H and O–H groups in total. The van der Waals surface area contributed by atoms with E-state index >= 15 is 0 Å². The molecule has 0 aromatic carbocycles. The van der Waals surface area contributed by atoms with Gasteiger partial charge < -0.3 is 10.0 Å². The first-order valence-corrected chi connectivity index (χ1v) is 7.60. The van der Waals surface area contributed by atoms with Crippen molar-refractivity contribution in [3.05, 3.63) is 21.9 Å². The Hall–Kier alpha value is -1.31.